The Kier molecular flexibility index (Phi) is 7.57. The third-order valence-electron chi connectivity index (χ3n) is 7.54. The number of aryl methyl sites for hydroxylation is 1. The lowest BCUT2D eigenvalue weighted by molar-refractivity contribution is -0.135. The minimum atomic E-state index is -1.03. The van der Waals surface area contributed by atoms with Crippen LogP contribution in [-0.4, -0.2) is 33.0 Å². The van der Waals surface area contributed by atoms with Gasteiger partial charge in [0, 0.05) is 47.4 Å². The van der Waals surface area contributed by atoms with Gasteiger partial charge in [-0.1, -0.05) is 61.8 Å². The number of benzene rings is 3. The van der Waals surface area contributed by atoms with Gasteiger partial charge < -0.3 is 15.2 Å². The van der Waals surface area contributed by atoms with Gasteiger partial charge in [-0.2, -0.15) is 0 Å². The summed E-state index contributed by atoms with van der Waals surface area (Å²) >= 11 is 13.4. The molecule has 7 nitrogen and oxygen atoms in total. The van der Waals surface area contributed by atoms with Gasteiger partial charge in [0.1, 0.15) is 0 Å². The van der Waals surface area contributed by atoms with Crippen LogP contribution in [0.1, 0.15) is 30.9 Å². The van der Waals surface area contributed by atoms with Crippen LogP contribution in [0.3, 0.4) is 0 Å². The van der Waals surface area contributed by atoms with Crippen molar-refractivity contribution in [3.05, 3.63) is 103 Å². The number of hydrogen-bond acceptors (Lipinski definition) is 4. The predicted octanol–water partition coefficient (Wildman–Crippen LogP) is 6.08. The average Bonchev–Trinajstić information content (AvgIpc) is 2.89. The van der Waals surface area contributed by atoms with Crippen molar-refractivity contribution in [1.29, 1.82) is 0 Å². The Hall–Kier alpha value is -3.88. The zero-order valence-corrected chi connectivity index (χ0v) is 24.4. The van der Waals surface area contributed by atoms with E-state index in [2.05, 4.69) is 6.58 Å². The van der Waals surface area contributed by atoms with Gasteiger partial charge >= 0.3 is 11.1 Å². The topological polar surface area (TPSA) is 90.3 Å². The number of hydrogen-bond donors (Lipinski definition) is 1. The fraction of sp³-hybridized carbons (Fsp3) is 0.258. The van der Waals surface area contributed by atoms with Crippen LogP contribution in [0, 0.1) is 12.8 Å². The van der Waals surface area contributed by atoms with Gasteiger partial charge in [0.05, 0.1) is 21.7 Å². The SMILES string of the molecule is C=C(F)C(=O)N1CC(Cn2c(=O)c(=O)n(-c3c(C)cccc3C(C)C)c3cc(-c4cc(N)ccc4Cl)c(Cl)cc32)C1. The van der Waals surface area contributed by atoms with Gasteiger partial charge in [0.15, 0.2) is 5.83 Å². The van der Waals surface area contributed by atoms with Crippen LogP contribution >= 0.6 is 23.2 Å². The number of nitrogen functional groups attached to an aromatic ring is 1. The summed E-state index contributed by atoms with van der Waals surface area (Å²) < 4.78 is 16.2. The van der Waals surface area contributed by atoms with Crippen LogP contribution in [0.2, 0.25) is 10.0 Å². The number of anilines is 1. The highest BCUT2D eigenvalue weighted by molar-refractivity contribution is 6.37. The summed E-state index contributed by atoms with van der Waals surface area (Å²) in [5, 5.41) is 0.742. The molecule has 2 N–H and O–H groups in total. The van der Waals surface area contributed by atoms with E-state index < -0.39 is 22.9 Å². The molecule has 1 saturated heterocycles. The van der Waals surface area contributed by atoms with E-state index in [9.17, 15) is 18.8 Å². The van der Waals surface area contributed by atoms with Crippen LogP contribution in [-0.2, 0) is 11.3 Å². The molecule has 3 aromatic carbocycles. The molecule has 1 aliphatic rings. The van der Waals surface area contributed by atoms with Crippen LogP contribution in [0.4, 0.5) is 10.1 Å². The molecule has 0 unspecified atom stereocenters. The number of fused-ring (bicyclic) bond motifs is 1. The number of aromatic nitrogens is 2. The van der Waals surface area contributed by atoms with Gasteiger partial charge in [0.25, 0.3) is 5.91 Å². The first-order valence-corrected chi connectivity index (χ1v) is 13.9. The Morgan fingerprint density at radius 2 is 1.71 bits per heavy atom. The van der Waals surface area contributed by atoms with E-state index >= 15 is 0 Å². The number of carbonyl (C=O) groups excluding carboxylic acids is 1. The third-order valence-corrected chi connectivity index (χ3v) is 8.18. The van der Waals surface area contributed by atoms with Gasteiger partial charge in [-0.25, -0.2) is 4.39 Å². The largest absolute Gasteiger partial charge is 0.399 e. The monoisotopic (exact) mass is 594 g/mol. The van der Waals surface area contributed by atoms with Crippen LogP contribution in [0.15, 0.2) is 70.5 Å². The second-order valence-electron chi connectivity index (χ2n) is 10.8. The lowest BCUT2D eigenvalue weighted by atomic mass is 9.97. The van der Waals surface area contributed by atoms with E-state index in [-0.39, 0.29) is 31.5 Å². The number of likely N-dealkylation sites (tertiary alicyclic amines) is 1. The zero-order chi connectivity index (χ0) is 29.7. The van der Waals surface area contributed by atoms with Crippen molar-refractivity contribution in [2.75, 3.05) is 18.8 Å². The molecular formula is C31H29Cl2FN4O3. The number of nitrogens with two attached hydrogens (primary N) is 1. The highest BCUT2D eigenvalue weighted by atomic mass is 35.5. The maximum atomic E-state index is 14.0. The van der Waals surface area contributed by atoms with E-state index in [0.717, 1.165) is 11.1 Å². The third kappa shape index (κ3) is 5.06. The van der Waals surface area contributed by atoms with Crippen LogP contribution in [0.5, 0.6) is 0 Å². The number of amides is 1. The molecule has 1 aliphatic heterocycles. The molecule has 10 heteroatoms. The molecule has 0 saturated carbocycles. The van der Waals surface area contributed by atoms with Crippen LogP contribution in [0.25, 0.3) is 27.8 Å². The summed E-state index contributed by atoms with van der Waals surface area (Å²) in [6.07, 6.45) is 0. The molecule has 41 heavy (non-hydrogen) atoms. The molecule has 2 heterocycles. The second-order valence-corrected chi connectivity index (χ2v) is 11.6. The molecule has 5 rings (SSSR count). The summed E-state index contributed by atoms with van der Waals surface area (Å²) in [4.78, 5) is 40.9. The van der Waals surface area contributed by atoms with Gasteiger partial charge in [-0.3, -0.25) is 19.0 Å². The second kappa shape index (κ2) is 10.8. The number of nitrogens with zero attached hydrogens (tertiary/aromatic N) is 3. The maximum absolute atomic E-state index is 14.0. The summed E-state index contributed by atoms with van der Waals surface area (Å²) in [6.45, 7) is 9.63. The van der Waals surface area contributed by atoms with Gasteiger partial charge in [-0.05, 0) is 54.3 Å². The fourth-order valence-corrected chi connectivity index (χ4v) is 5.95. The Balaban J connectivity index is 1.79. The first-order chi connectivity index (χ1) is 19.4. The molecule has 1 aromatic heterocycles. The first-order valence-electron chi connectivity index (χ1n) is 13.2. The molecule has 0 atom stereocenters. The minimum Gasteiger partial charge on any atom is -0.399 e. The van der Waals surface area contributed by atoms with E-state index in [1.54, 1.807) is 30.3 Å². The summed E-state index contributed by atoms with van der Waals surface area (Å²) in [5.41, 5.74) is 9.53. The number of rotatable bonds is 6. The van der Waals surface area contributed by atoms with E-state index in [4.69, 9.17) is 28.9 Å². The van der Waals surface area contributed by atoms with Crippen molar-refractivity contribution in [2.24, 2.45) is 5.92 Å². The van der Waals surface area contributed by atoms with Crippen molar-refractivity contribution in [1.82, 2.24) is 14.0 Å². The Morgan fingerprint density at radius 3 is 2.37 bits per heavy atom. The van der Waals surface area contributed by atoms with Crippen molar-refractivity contribution in [3.8, 4) is 16.8 Å². The molecule has 0 aliphatic carbocycles. The van der Waals surface area contributed by atoms with Crippen molar-refractivity contribution >= 4 is 45.8 Å². The lowest BCUT2D eigenvalue weighted by Crippen LogP contribution is -2.53. The van der Waals surface area contributed by atoms with Crippen LogP contribution < -0.4 is 16.9 Å². The molecule has 0 bridgehead atoms. The van der Waals surface area contributed by atoms with E-state index in [1.165, 1.54) is 14.0 Å². The Bertz CT molecular complexity index is 1860. The Morgan fingerprint density at radius 1 is 1.02 bits per heavy atom. The Labute approximate surface area is 246 Å². The van der Waals surface area contributed by atoms with Crippen molar-refractivity contribution < 1.29 is 9.18 Å². The predicted molar refractivity (Wildman–Crippen MR) is 163 cm³/mol. The van der Waals surface area contributed by atoms with Gasteiger partial charge in [0.2, 0.25) is 0 Å². The zero-order valence-electron chi connectivity index (χ0n) is 22.9. The molecule has 1 fully saturated rings. The van der Waals surface area contributed by atoms with Crippen molar-refractivity contribution in [3.63, 3.8) is 0 Å². The quantitative estimate of drug-likeness (QED) is 0.166. The molecular weight excluding hydrogens is 566 g/mol. The fourth-order valence-electron chi connectivity index (χ4n) is 5.47. The molecule has 0 spiro atoms. The standard InChI is InChI=1S/C31H29Cl2FN4O3/c1-16(2)21-7-5-6-17(3)28(21)38-27-11-23(22-10-20(35)8-9-24(22)32)25(33)12-26(27)37(30(40)31(38)41)15-19-13-36(14-19)29(39)18(4)34/h5-12,16,19H,4,13-15,35H2,1-3H3. The lowest BCUT2D eigenvalue weighted by Gasteiger charge is -2.39. The normalized spacial score (nSPS) is 13.6. The molecule has 1 amide bonds. The summed E-state index contributed by atoms with van der Waals surface area (Å²) in [5.74, 6) is -1.91. The van der Waals surface area contributed by atoms with Gasteiger partial charge in [-0.15, -0.1) is 0 Å². The molecule has 4 aromatic rings. The smallest absolute Gasteiger partial charge is 0.321 e. The summed E-state index contributed by atoms with van der Waals surface area (Å²) in [7, 11) is 0. The first kappa shape index (κ1) is 28.6. The highest BCUT2D eigenvalue weighted by Crippen LogP contribution is 2.38. The number of para-hydroxylation sites is 1. The maximum Gasteiger partial charge on any atom is 0.321 e. The van der Waals surface area contributed by atoms with E-state index in [0.29, 0.717) is 43.6 Å². The summed E-state index contributed by atoms with van der Waals surface area (Å²) in [6, 6.07) is 14.2. The number of carbonyl (C=O) groups is 1. The van der Waals surface area contributed by atoms with E-state index in [1.807, 2.05) is 39.0 Å². The minimum absolute atomic E-state index is 0.0631. The highest BCUT2D eigenvalue weighted by Gasteiger charge is 2.33. The number of halogens is 3. The van der Waals surface area contributed by atoms with Crippen molar-refractivity contribution in [2.45, 2.75) is 33.2 Å². The molecule has 0 radical (unpaired) electrons. The average molecular weight is 596 g/mol. The molecule has 212 valence electrons.